The number of nitrogens with zero attached hydrogens (tertiary/aromatic N) is 1. The van der Waals surface area contributed by atoms with E-state index in [4.69, 9.17) is 4.74 Å². The van der Waals surface area contributed by atoms with E-state index < -0.39 is 0 Å². The molecule has 3 aromatic rings. The largest absolute Gasteiger partial charge is 0.495 e. The molecule has 27 heavy (non-hydrogen) atoms. The number of amides is 2. The molecule has 6 heteroatoms. The Kier molecular flexibility index (Phi) is 5.79. The molecule has 1 aromatic heterocycles. The summed E-state index contributed by atoms with van der Waals surface area (Å²) in [5.74, 6) is 0.0775. The fraction of sp³-hybridized carbons (Fsp3) is 0.0952. The van der Waals surface area contributed by atoms with Crippen LogP contribution in [-0.2, 0) is 6.54 Å². The summed E-state index contributed by atoms with van der Waals surface area (Å²) in [4.78, 5) is 28.8. The Hall–Kier alpha value is -3.67. The first-order chi connectivity index (χ1) is 13.2. The molecular formula is C21H19N3O3. The number of nitrogens with one attached hydrogen (secondary N) is 2. The number of anilines is 1. The molecule has 0 saturated carbocycles. The van der Waals surface area contributed by atoms with E-state index in [-0.39, 0.29) is 11.8 Å². The number of methoxy groups -OCH3 is 1. The zero-order valence-corrected chi connectivity index (χ0v) is 14.8. The van der Waals surface area contributed by atoms with E-state index in [0.29, 0.717) is 29.1 Å². The number of benzene rings is 2. The lowest BCUT2D eigenvalue weighted by Crippen LogP contribution is -2.23. The number of para-hydroxylation sites is 2. The molecule has 1 heterocycles. The molecule has 0 bridgehead atoms. The minimum Gasteiger partial charge on any atom is -0.495 e. The standard InChI is InChI=1S/C21H19N3O3/c1-27-19-8-3-2-7-18(19)24-21(26)16-11-9-15(10-12-16)20(25)23-14-17-6-4-5-13-22-17/h2-13H,14H2,1H3,(H,23,25)(H,24,26). The Labute approximate surface area is 157 Å². The maximum absolute atomic E-state index is 12.4. The Morgan fingerprint density at radius 2 is 1.56 bits per heavy atom. The maximum Gasteiger partial charge on any atom is 0.255 e. The van der Waals surface area contributed by atoms with Crippen molar-refractivity contribution in [2.75, 3.05) is 12.4 Å². The fourth-order valence-electron chi connectivity index (χ4n) is 2.49. The van der Waals surface area contributed by atoms with Crippen molar-refractivity contribution in [1.82, 2.24) is 10.3 Å². The van der Waals surface area contributed by atoms with Gasteiger partial charge in [0.1, 0.15) is 5.75 Å². The first-order valence-electron chi connectivity index (χ1n) is 8.40. The predicted molar refractivity (Wildman–Crippen MR) is 103 cm³/mol. The third-order valence-electron chi connectivity index (χ3n) is 3.92. The molecule has 0 radical (unpaired) electrons. The van der Waals surface area contributed by atoms with Crippen molar-refractivity contribution in [3.05, 3.63) is 89.7 Å². The van der Waals surface area contributed by atoms with E-state index >= 15 is 0 Å². The van der Waals surface area contributed by atoms with Crippen LogP contribution in [-0.4, -0.2) is 23.9 Å². The van der Waals surface area contributed by atoms with Gasteiger partial charge in [-0.2, -0.15) is 0 Å². The van der Waals surface area contributed by atoms with Crippen molar-refractivity contribution in [2.45, 2.75) is 6.54 Å². The average Bonchev–Trinajstić information content (AvgIpc) is 2.73. The van der Waals surface area contributed by atoms with Gasteiger partial charge in [-0.3, -0.25) is 14.6 Å². The van der Waals surface area contributed by atoms with Gasteiger partial charge in [0.05, 0.1) is 25.0 Å². The van der Waals surface area contributed by atoms with Gasteiger partial charge in [0.2, 0.25) is 0 Å². The molecule has 0 unspecified atom stereocenters. The van der Waals surface area contributed by atoms with E-state index in [9.17, 15) is 9.59 Å². The second-order valence-electron chi connectivity index (χ2n) is 5.74. The van der Waals surface area contributed by atoms with Crippen LogP contribution in [0.3, 0.4) is 0 Å². The lowest BCUT2D eigenvalue weighted by Gasteiger charge is -2.10. The number of ether oxygens (including phenoxy) is 1. The van der Waals surface area contributed by atoms with Crippen molar-refractivity contribution in [3.63, 3.8) is 0 Å². The lowest BCUT2D eigenvalue weighted by atomic mass is 10.1. The number of aromatic nitrogens is 1. The molecule has 2 N–H and O–H groups in total. The average molecular weight is 361 g/mol. The van der Waals surface area contributed by atoms with Crippen LogP contribution in [0, 0.1) is 0 Å². The first kappa shape index (κ1) is 18.1. The highest BCUT2D eigenvalue weighted by molar-refractivity contribution is 6.05. The third-order valence-corrected chi connectivity index (χ3v) is 3.92. The van der Waals surface area contributed by atoms with Crippen LogP contribution >= 0.6 is 0 Å². The van der Waals surface area contributed by atoms with Crippen LogP contribution in [0.25, 0.3) is 0 Å². The molecule has 0 aliphatic heterocycles. The van der Waals surface area contributed by atoms with Gasteiger partial charge in [0.25, 0.3) is 11.8 Å². The minimum absolute atomic E-state index is 0.225. The first-order valence-corrected chi connectivity index (χ1v) is 8.40. The topological polar surface area (TPSA) is 80.3 Å². The zero-order valence-electron chi connectivity index (χ0n) is 14.8. The summed E-state index contributed by atoms with van der Waals surface area (Å²) < 4.78 is 5.22. The minimum atomic E-state index is -0.278. The van der Waals surface area contributed by atoms with E-state index in [0.717, 1.165) is 5.69 Å². The number of carbonyl (C=O) groups is 2. The maximum atomic E-state index is 12.4. The van der Waals surface area contributed by atoms with Crippen LogP contribution in [0.15, 0.2) is 72.9 Å². The van der Waals surface area contributed by atoms with Crippen LogP contribution in [0.1, 0.15) is 26.4 Å². The Morgan fingerprint density at radius 1 is 0.889 bits per heavy atom. The monoisotopic (exact) mass is 361 g/mol. The van der Waals surface area contributed by atoms with Gasteiger partial charge in [-0.05, 0) is 48.5 Å². The number of hydrogen-bond acceptors (Lipinski definition) is 4. The summed E-state index contributed by atoms with van der Waals surface area (Å²) in [6.07, 6.45) is 1.68. The van der Waals surface area contributed by atoms with Gasteiger partial charge in [0.15, 0.2) is 0 Å². The van der Waals surface area contributed by atoms with Crippen LogP contribution in [0.4, 0.5) is 5.69 Å². The SMILES string of the molecule is COc1ccccc1NC(=O)c1ccc(C(=O)NCc2ccccn2)cc1. The summed E-state index contributed by atoms with van der Waals surface area (Å²) in [6, 6.07) is 19.1. The third kappa shape index (κ3) is 4.70. The number of carbonyl (C=O) groups excluding carboxylic acids is 2. The highest BCUT2D eigenvalue weighted by Crippen LogP contribution is 2.23. The molecule has 0 fully saturated rings. The highest BCUT2D eigenvalue weighted by Gasteiger charge is 2.11. The van der Waals surface area contributed by atoms with Crippen molar-refractivity contribution >= 4 is 17.5 Å². The lowest BCUT2D eigenvalue weighted by molar-refractivity contribution is 0.0948. The molecule has 136 valence electrons. The molecule has 0 aliphatic carbocycles. The normalized spacial score (nSPS) is 10.1. The molecule has 0 saturated heterocycles. The second kappa shape index (κ2) is 8.62. The van der Waals surface area contributed by atoms with E-state index in [1.54, 1.807) is 49.7 Å². The smallest absolute Gasteiger partial charge is 0.255 e. The molecule has 0 spiro atoms. The Morgan fingerprint density at radius 3 is 2.22 bits per heavy atom. The molecule has 6 nitrogen and oxygen atoms in total. The van der Waals surface area contributed by atoms with E-state index in [1.165, 1.54) is 0 Å². The Bertz CT molecular complexity index is 925. The van der Waals surface area contributed by atoms with E-state index in [1.807, 2.05) is 30.3 Å². The molecule has 2 amide bonds. The number of hydrogen-bond donors (Lipinski definition) is 2. The van der Waals surface area contributed by atoms with Crippen LogP contribution in [0.5, 0.6) is 5.75 Å². The zero-order chi connectivity index (χ0) is 19.1. The van der Waals surface area contributed by atoms with Gasteiger partial charge < -0.3 is 15.4 Å². The second-order valence-corrected chi connectivity index (χ2v) is 5.74. The van der Waals surface area contributed by atoms with E-state index in [2.05, 4.69) is 15.6 Å². The van der Waals surface area contributed by atoms with Gasteiger partial charge in [-0.25, -0.2) is 0 Å². The molecule has 0 atom stereocenters. The molecule has 2 aromatic carbocycles. The Balaban J connectivity index is 1.62. The summed E-state index contributed by atoms with van der Waals surface area (Å²) in [5.41, 5.74) is 2.28. The quantitative estimate of drug-likeness (QED) is 0.706. The van der Waals surface area contributed by atoms with Crippen molar-refractivity contribution in [1.29, 1.82) is 0 Å². The van der Waals surface area contributed by atoms with Gasteiger partial charge in [-0.15, -0.1) is 0 Å². The number of pyridine rings is 1. The van der Waals surface area contributed by atoms with Gasteiger partial charge in [-0.1, -0.05) is 18.2 Å². The summed E-state index contributed by atoms with van der Waals surface area (Å²) in [5, 5.41) is 5.60. The van der Waals surface area contributed by atoms with Crippen molar-refractivity contribution in [2.24, 2.45) is 0 Å². The van der Waals surface area contributed by atoms with Crippen molar-refractivity contribution in [3.8, 4) is 5.75 Å². The summed E-state index contributed by atoms with van der Waals surface area (Å²) >= 11 is 0. The van der Waals surface area contributed by atoms with Crippen LogP contribution in [0.2, 0.25) is 0 Å². The molecule has 3 rings (SSSR count). The van der Waals surface area contributed by atoms with Gasteiger partial charge in [0, 0.05) is 17.3 Å². The summed E-state index contributed by atoms with van der Waals surface area (Å²) in [7, 11) is 1.55. The molecule has 0 aliphatic rings. The predicted octanol–water partition coefficient (Wildman–Crippen LogP) is 3.27. The highest BCUT2D eigenvalue weighted by atomic mass is 16.5. The van der Waals surface area contributed by atoms with Crippen molar-refractivity contribution < 1.29 is 14.3 Å². The molecular weight excluding hydrogens is 342 g/mol. The van der Waals surface area contributed by atoms with Crippen LogP contribution < -0.4 is 15.4 Å². The number of rotatable bonds is 6. The van der Waals surface area contributed by atoms with Gasteiger partial charge >= 0.3 is 0 Å². The summed E-state index contributed by atoms with van der Waals surface area (Å²) in [6.45, 7) is 0.343. The fourth-order valence-corrected chi connectivity index (χ4v) is 2.49.